The number of nitrogens with zero attached hydrogens (tertiary/aromatic N) is 1. The van der Waals surface area contributed by atoms with Gasteiger partial charge in [0, 0.05) is 0 Å². The Morgan fingerprint density at radius 3 is 2.94 bits per heavy atom. The molecule has 0 spiro atoms. The van der Waals surface area contributed by atoms with E-state index in [0.717, 1.165) is 30.5 Å². The van der Waals surface area contributed by atoms with Gasteiger partial charge in [-0.1, -0.05) is 0 Å². The molecule has 2 heterocycles. The molecule has 0 aromatic carbocycles. The van der Waals surface area contributed by atoms with E-state index in [0.29, 0.717) is 5.69 Å². The van der Waals surface area contributed by atoms with Gasteiger partial charge in [-0.3, -0.25) is 4.79 Å². The van der Waals surface area contributed by atoms with E-state index in [1.165, 1.54) is 0 Å². The van der Waals surface area contributed by atoms with Crippen LogP contribution in [0.15, 0.2) is 22.9 Å². The van der Waals surface area contributed by atoms with E-state index in [-0.39, 0.29) is 18.6 Å². The molecule has 0 aliphatic carbocycles. The lowest BCUT2D eigenvalue weighted by atomic mass is 10.1. The number of amides is 1. The van der Waals surface area contributed by atoms with Gasteiger partial charge in [0.1, 0.15) is 11.2 Å². The second-order valence-electron chi connectivity index (χ2n) is 4.18. The average Bonchev–Trinajstić information content (AvgIpc) is 2.40. The number of carbonyl (C=O) groups is 1. The van der Waals surface area contributed by atoms with Crippen molar-refractivity contribution < 1.29 is 9.53 Å². The largest absolute Gasteiger partial charge is 0.368 e. The SMILES string of the molecule is O=C(COC1CCNCC1)Nc1ccc(Br)nc1. The number of hydrogen-bond donors (Lipinski definition) is 2. The first kappa shape index (κ1) is 13.5. The Balaban J connectivity index is 1.73. The summed E-state index contributed by atoms with van der Waals surface area (Å²) in [4.78, 5) is 15.7. The van der Waals surface area contributed by atoms with Crippen molar-refractivity contribution in [2.45, 2.75) is 18.9 Å². The van der Waals surface area contributed by atoms with Gasteiger partial charge >= 0.3 is 0 Å². The Bertz CT molecular complexity index is 391. The number of anilines is 1. The number of ether oxygens (including phenoxy) is 1. The van der Waals surface area contributed by atoms with E-state index < -0.39 is 0 Å². The van der Waals surface area contributed by atoms with Crippen molar-refractivity contribution in [2.24, 2.45) is 0 Å². The lowest BCUT2D eigenvalue weighted by Gasteiger charge is -2.22. The van der Waals surface area contributed by atoms with E-state index in [9.17, 15) is 4.79 Å². The van der Waals surface area contributed by atoms with Crippen molar-refractivity contribution in [3.8, 4) is 0 Å². The highest BCUT2D eigenvalue weighted by Crippen LogP contribution is 2.11. The first-order valence-electron chi connectivity index (χ1n) is 5.98. The molecule has 1 amide bonds. The van der Waals surface area contributed by atoms with Crippen LogP contribution in [0, 0.1) is 0 Å². The molecule has 98 valence electrons. The Hall–Kier alpha value is -0.980. The fourth-order valence-electron chi connectivity index (χ4n) is 1.80. The summed E-state index contributed by atoms with van der Waals surface area (Å²) in [5.74, 6) is -0.141. The van der Waals surface area contributed by atoms with Crippen LogP contribution in [0.2, 0.25) is 0 Å². The lowest BCUT2D eigenvalue weighted by molar-refractivity contribution is -0.123. The number of halogens is 1. The molecule has 2 rings (SSSR count). The van der Waals surface area contributed by atoms with Crippen molar-refractivity contribution in [1.29, 1.82) is 0 Å². The second-order valence-corrected chi connectivity index (χ2v) is 4.99. The molecule has 0 saturated carbocycles. The zero-order valence-electron chi connectivity index (χ0n) is 9.99. The maximum absolute atomic E-state index is 11.6. The van der Waals surface area contributed by atoms with Gasteiger partial charge in [-0.25, -0.2) is 4.98 Å². The number of hydrogen-bond acceptors (Lipinski definition) is 4. The number of nitrogens with one attached hydrogen (secondary N) is 2. The fourth-order valence-corrected chi connectivity index (χ4v) is 2.04. The van der Waals surface area contributed by atoms with Gasteiger partial charge in [-0.05, 0) is 54.0 Å². The highest BCUT2D eigenvalue weighted by Gasteiger charge is 2.14. The third-order valence-corrected chi connectivity index (χ3v) is 3.22. The topological polar surface area (TPSA) is 63.2 Å². The monoisotopic (exact) mass is 313 g/mol. The smallest absolute Gasteiger partial charge is 0.250 e. The van der Waals surface area contributed by atoms with Gasteiger partial charge < -0.3 is 15.4 Å². The Kier molecular flexibility index (Phi) is 5.10. The summed E-state index contributed by atoms with van der Waals surface area (Å²) in [6.07, 6.45) is 3.73. The molecule has 5 nitrogen and oxygen atoms in total. The maximum Gasteiger partial charge on any atom is 0.250 e. The molecule has 1 aromatic rings. The molecule has 1 saturated heterocycles. The highest BCUT2D eigenvalue weighted by molar-refractivity contribution is 9.10. The molecule has 1 aliphatic rings. The minimum Gasteiger partial charge on any atom is -0.368 e. The third kappa shape index (κ3) is 4.36. The molecule has 0 radical (unpaired) electrons. The summed E-state index contributed by atoms with van der Waals surface area (Å²) in [6.45, 7) is 2.02. The molecule has 1 fully saturated rings. The number of aromatic nitrogens is 1. The lowest BCUT2D eigenvalue weighted by Crippen LogP contribution is -2.34. The van der Waals surface area contributed by atoms with Gasteiger partial charge in [-0.15, -0.1) is 0 Å². The summed E-state index contributed by atoms with van der Waals surface area (Å²) >= 11 is 3.24. The van der Waals surface area contributed by atoms with Crippen LogP contribution in [0.5, 0.6) is 0 Å². The predicted octanol–water partition coefficient (Wildman–Crippen LogP) is 1.55. The number of carbonyl (C=O) groups excluding carboxylic acids is 1. The van der Waals surface area contributed by atoms with Crippen LogP contribution in [-0.2, 0) is 9.53 Å². The van der Waals surface area contributed by atoms with Crippen LogP contribution in [0.1, 0.15) is 12.8 Å². The van der Waals surface area contributed by atoms with Crippen molar-refractivity contribution in [2.75, 3.05) is 25.0 Å². The highest BCUT2D eigenvalue weighted by atomic mass is 79.9. The zero-order valence-corrected chi connectivity index (χ0v) is 11.6. The van der Waals surface area contributed by atoms with Crippen molar-refractivity contribution in [3.63, 3.8) is 0 Å². The van der Waals surface area contributed by atoms with Crippen LogP contribution >= 0.6 is 15.9 Å². The first-order valence-corrected chi connectivity index (χ1v) is 6.77. The van der Waals surface area contributed by atoms with Crippen LogP contribution in [0.4, 0.5) is 5.69 Å². The van der Waals surface area contributed by atoms with Gasteiger partial charge in [-0.2, -0.15) is 0 Å². The van der Waals surface area contributed by atoms with E-state index in [2.05, 4.69) is 31.5 Å². The number of rotatable bonds is 4. The third-order valence-electron chi connectivity index (χ3n) is 2.75. The average molecular weight is 314 g/mol. The van der Waals surface area contributed by atoms with E-state index in [4.69, 9.17) is 4.74 Å². The second kappa shape index (κ2) is 6.82. The molecule has 2 N–H and O–H groups in total. The molecule has 6 heteroatoms. The summed E-state index contributed by atoms with van der Waals surface area (Å²) < 4.78 is 6.30. The van der Waals surface area contributed by atoms with Gasteiger partial charge in [0.2, 0.25) is 5.91 Å². The first-order chi connectivity index (χ1) is 8.74. The predicted molar refractivity (Wildman–Crippen MR) is 72.4 cm³/mol. The normalized spacial score (nSPS) is 16.5. The van der Waals surface area contributed by atoms with Crippen molar-refractivity contribution in [3.05, 3.63) is 22.9 Å². The number of piperidine rings is 1. The molecule has 0 bridgehead atoms. The molecule has 1 aliphatic heterocycles. The zero-order chi connectivity index (χ0) is 12.8. The van der Waals surface area contributed by atoms with Crippen LogP contribution in [0.25, 0.3) is 0 Å². The fraction of sp³-hybridized carbons (Fsp3) is 0.500. The van der Waals surface area contributed by atoms with Gasteiger partial charge in [0.15, 0.2) is 0 Å². The summed E-state index contributed by atoms with van der Waals surface area (Å²) in [7, 11) is 0. The van der Waals surface area contributed by atoms with Gasteiger partial charge in [0.25, 0.3) is 0 Å². The van der Waals surface area contributed by atoms with E-state index >= 15 is 0 Å². The minimum atomic E-state index is -0.141. The van der Waals surface area contributed by atoms with E-state index in [1.807, 2.05) is 0 Å². The molecular weight excluding hydrogens is 298 g/mol. The summed E-state index contributed by atoms with van der Waals surface area (Å²) in [5, 5.41) is 6.00. The summed E-state index contributed by atoms with van der Waals surface area (Å²) in [6, 6.07) is 3.57. The van der Waals surface area contributed by atoms with E-state index in [1.54, 1.807) is 18.3 Å². The Labute approximate surface area is 114 Å². The minimum absolute atomic E-state index is 0.0979. The Morgan fingerprint density at radius 1 is 1.50 bits per heavy atom. The van der Waals surface area contributed by atoms with Crippen molar-refractivity contribution >= 4 is 27.5 Å². The van der Waals surface area contributed by atoms with Crippen LogP contribution in [0.3, 0.4) is 0 Å². The van der Waals surface area contributed by atoms with Gasteiger partial charge in [0.05, 0.1) is 18.0 Å². The van der Waals surface area contributed by atoms with Crippen LogP contribution in [-0.4, -0.2) is 36.7 Å². The maximum atomic E-state index is 11.6. The number of pyridine rings is 1. The quantitative estimate of drug-likeness (QED) is 0.828. The molecule has 0 atom stereocenters. The molecule has 1 aromatic heterocycles. The Morgan fingerprint density at radius 2 is 2.28 bits per heavy atom. The summed E-state index contributed by atoms with van der Waals surface area (Å²) in [5.41, 5.74) is 0.678. The molecular formula is C12H16BrN3O2. The molecule has 18 heavy (non-hydrogen) atoms. The molecule has 0 unspecified atom stereocenters. The van der Waals surface area contributed by atoms with Crippen molar-refractivity contribution in [1.82, 2.24) is 10.3 Å². The standard InChI is InChI=1S/C12H16BrN3O2/c13-11-2-1-9(7-15-11)16-12(17)8-18-10-3-5-14-6-4-10/h1-2,7,10,14H,3-6,8H2,(H,16,17). The van der Waals surface area contributed by atoms with Crippen LogP contribution < -0.4 is 10.6 Å².